The molecule has 112 heavy (non-hydrogen) atoms. The van der Waals surface area contributed by atoms with Crippen LogP contribution in [0.3, 0.4) is 0 Å². The lowest BCUT2D eigenvalue weighted by atomic mass is 9.83. The SMILES string of the molecule is O=C1NC(=O)[C@@H](c2c[nH]c3ccccc23)[C@H]1c1cn2c3c(cccc13)CCC2.O=C1NC(=O)[C@@H](c2cn3c4c(cccc24)CCC3)[C@@H]1c1c[nH]c2ccccc12.O=C1NC(=O)[C@@H](c2cn3c4c(cccc24)CCC3)[C@H]1c1c[nH]c2ccccc12.O=C1NC(=O)[C@H](c2cn3c4c(cccc24)CCC3)[C@H]1c1c[nH]c2ccccc12. The number of para-hydroxylation sites is 8. The Hall–Kier alpha value is -13.4. The first-order valence-electron chi connectivity index (χ1n) is 38.9. The Kier molecular flexibility index (Phi) is 15.6. The smallest absolute Gasteiger partial charge is 0.235 e. The van der Waals surface area contributed by atoms with Crippen LogP contribution in [-0.2, 0) is 90.2 Å². The second-order valence-electron chi connectivity index (χ2n) is 31.2. The molecule has 16 aromatic rings. The normalized spacial score (nSPS) is 21.6. The number of nitrogens with one attached hydrogen (secondary N) is 8. The van der Waals surface area contributed by atoms with Crippen molar-refractivity contribution in [3.8, 4) is 0 Å². The van der Waals surface area contributed by atoms with Crippen molar-refractivity contribution in [1.29, 1.82) is 0 Å². The molecule has 8 aromatic carbocycles. The second kappa shape index (κ2) is 26.2. The fourth-order valence-corrected chi connectivity index (χ4v) is 20.4. The monoisotopic (exact) mass is 1480 g/mol. The van der Waals surface area contributed by atoms with Gasteiger partial charge in [0.1, 0.15) is 0 Å². The van der Waals surface area contributed by atoms with E-state index in [4.69, 9.17) is 0 Å². The maximum atomic E-state index is 12.9. The van der Waals surface area contributed by atoms with Crippen LogP contribution in [0.2, 0.25) is 0 Å². The van der Waals surface area contributed by atoms with Gasteiger partial charge >= 0.3 is 0 Å². The average Bonchev–Trinajstić information content (AvgIpc) is 1.59. The van der Waals surface area contributed by atoms with E-state index in [0.29, 0.717) is 0 Å². The molecule has 8 N–H and O–H groups in total. The van der Waals surface area contributed by atoms with Crippen LogP contribution in [0.1, 0.15) is 140 Å². The molecule has 8 aliphatic rings. The molecule has 16 heterocycles. The number of amides is 8. The second-order valence-corrected chi connectivity index (χ2v) is 31.2. The topological polar surface area (TPSA) is 268 Å². The van der Waals surface area contributed by atoms with E-state index < -0.39 is 47.3 Å². The third kappa shape index (κ3) is 10.5. The summed E-state index contributed by atoms with van der Waals surface area (Å²) in [7, 11) is 0. The van der Waals surface area contributed by atoms with Gasteiger partial charge in [0.2, 0.25) is 47.3 Å². The number of fused-ring (bicyclic) bond motifs is 4. The molecule has 0 unspecified atom stereocenters. The molecule has 8 aliphatic heterocycles. The van der Waals surface area contributed by atoms with Crippen molar-refractivity contribution in [2.45, 2.75) is 125 Å². The maximum Gasteiger partial charge on any atom is 0.235 e. The number of aryl methyl sites for hydroxylation is 8. The first-order valence-corrected chi connectivity index (χ1v) is 38.9. The summed E-state index contributed by atoms with van der Waals surface area (Å²) in [6.07, 6.45) is 24.5. The summed E-state index contributed by atoms with van der Waals surface area (Å²) < 4.78 is 9.02. The van der Waals surface area contributed by atoms with Crippen LogP contribution < -0.4 is 21.3 Å². The van der Waals surface area contributed by atoms with Gasteiger partial charge in [-0.25, -0.2) is 0 Å². The number of carbonyl (C=O) groups excluding carboxylic acids is 8. The zero-order valence-corrected chi connectivity index (χ0v) is 60.9. The minimum Gasteiger partial charge on any atom is -0.361 e. The first-order chi connectivity index (χ1) is 54.9. The number of hydrogen-bond donors (Lipinski definition) is 8. The zero-order chi connectivity index (χ0) is 75.3. The Balaban J connectivity index is 0.0000000943. The highest BCUT2D eigenvalue weighted by atomic mass is 16.2. The fraction of sp³-hybridized carbons (Fsp3) is 0.217. The number of rotatable bonds is 8. The number of nitrogens with zero attached hydrogens (tertiary/aromatic N) is 4. The standard InChI is InChI=1S/4C23H19N3O2/c4*27-22-19(16-11-24-18-9-2-1-7-14(16)18)20(23(28)25-22)17-12-26-10-4-6-13-5-3-8-15(17)21(13)26/h4*1-3,5,7-9,11-12,19-20,24H,4,6,10H2,(H,25,27,28)/t2*19-,20+;2*19-,20-/m1010/s1. The minimum atomic E-state index is -0.521. The third-order valence-corrected chi connectivity index (χ3v) is 25.2. The Bertz CT molecular complexity index is 5920. The predicted octanol–water partition coefficient (Wildman–Crippen LogP) is 14.4. The molecule has 8 atom stereocenters. The molecule has 0 bridgehead atoms. The number of carbonyl (C=O) groups is 8. The predicted molar refractivity (Wildman–Crippen MR) is 429 cm³/mol. The number of H-pyrrole nitrogens is 4. The largest absolute Gasteiger partial charge is 0.361 e. The fourth-order valence-electron chi connectivity index (χ4n) is 20.4. The van der Waals surface area contributed by atoms with Gasteiger partial charge in [0.15, 0.2) is 0 Å². The Morgan fingerprint density at radius 1 is 0.223 bits per heavy atom. The Morgan fingerprint density at radius 2 is 0.420 bits per heavy atom. The Morgan fingerprint density at radius 3 is 0.643 bits per heavy atom. The first kappa shape index (κ1) is 66.8. The van der Waals surface area contributed by atoms with Gasteiger partial charge in [-0.15, -0.1) is 0 Å². The molecule has 4 saturated heterocycles. The number of aromatic amines is 4. The summed E-state index contributed by atoms with van der Waals surface area (Å²) in [6.45, 7) is 3.81. The van der Waals surface area contributed by atoms with Gasteiger partial charge in [-0.2, -0.15) is 0 Å². The van der Waals surface area contributed by atoms with Crippen molar-refractivity contribution < 1.29 is 38.4 Å². The van der Waals surface area contributed by atoms with E-state index in [1.165, 1.54) is 44.3 Å². The maximum absolute atomic E-state index is 12.9. The summed E-state index contributed by atoms with van der Waals surface area (Å²) >= 11 is 0. The minimum absolute atomic E-state index is 0.205. The molecular formula is C92H76N12O8. The molecule has 0 radical (unpaired) electrons. The number of imide groups is 4. The summed E-state index contributed by atoms with van der Waals surface area (Å²) in [4.78, 5) is 116. The highest BCUT2D eigenvalue weighted by molar-refractivity contribution is 6.17. The average molecular weight is 1480 g/mol. The number of benzene rings is 8. The molecule has 0 spiro atoms. The molecule has 20 nitrogen and oxygen atoms in total. The zero-order valence-electron chi connectivity index (χ0n) is 60.9. The summed E-state index contributed by atoms with van der Waals surface area (Å²) in [5.41, 5.74) is 21.4. The molecule has 4 fully saturated rings. The van der Waals surface area contributed by atoms with Crippen LogP contribution >= 0.6 is 0 Å². The van der Waals surface area contributed by atoms with Crippen molar-refractivity contribution in [2.75, 3.05) is 0 Å². The van der Waals surface area contributed by atoms with Crippen molar-refractivity contribution in [1.82, 2.24) is 59.5 Å². The molecule has 24 rings (SSSR count). The van der Waals surface area contributed by atoms with Crippen LogP contribution in [0.4, 0.5) is 0 Å². The number of hydrogen-bond acceptors (Lipinski definition) is 8. The molecule has 0 aliphatic carbocycles. The lowest BCUT2D eigenvalue weighted by Crippen LogP contribution is -2.21. The van der Waals surface area contributed by atoms with Crippen LogP contribution in [0.15, 0.2) is 219 Å². The Labute approximate surface area is 639 Å². The van der Waals surface area contributed by atoms with Gasteiger partial charge in [0.05, 0.1) is 69.4 Å². The molecule has 20 heteroatoms. The van der Waals surface area contributed by atoms with E-state index in [2.05, 4.69) is 157 Å². The van der Waals surface area contributed by atoms with Gasteiger partial charge in [0, 0.05) is 141 Å². The van der Waals surface area contributed by atoms with Crippen molar-refractivity contribution in [2.24, 2.45) is 0 Å². The summed E-state index contributed by atoms with van der Waals surface area (Å²) in [6, 6.07) is 56.9. The lowest BCUT2D eigenvalue weighted by Gasteiger charge is -2.15. The van der Waals surface area contributed by atoms with Crippen LogP contribution in [0.25, 0.3) is 87.2 Å². The molecular weight excluding hydrogens is 1400 g/mol. The van der Waals surface area contributed by atoms with Crippen LogP contribution in [-0.4, -0.2) is 85.5 Å². The molecule has 0 saturated carbocycles. The van der Waals surface area contributed by atoms with Gasteiger partial charge in [-0.05, 0) is 142 Å². The highest BCUT2D eigenvalue weighted by Gasteiger charge is 2.50. The lowest BCUT2D eigenvalue weighted by molar-refractivity contribution is -0.127. The quantitative estimate of drug-likeness (QED) is 0.0676. The van der Waals surface area contributed by atoms with Gasteiger partial charge in [-0.1, -0.05) is 146 Å². The van der Waals surface area contributed by atoms with E-state index in [1.807, 2.05) is 122 Å². The van der Waals surface area contributed by atoms with E-state index in [1.54, 1.807) is 0 Å². The van der Waals surface area contributed by atoms with Gasteiger partial charge in [0.25, 0.3) is 0 Å². The van der Waals surface area contributed by atoms with Crippen molar-refractivity contribution in [3.63, 3.8) is 0 Å². The number of aromatic nitrogens is 8. The van der Waals surface area contributed by atoms with E-state index in [9.17, 15) is 38.4 Å². The highest BCUT2D eigenvalue weighted by Crippen LogP contribution is 2.50. The van der Waals surface area contributed by atoms with Gasteiger partial charge < -0.3 is 38.2 Å². The van der Waals surface area contributed by atoms with Gasteiger partial charge in [-0.3, -0.25) is 59.6 Å². The van der Waals surface area contributed by atoms with E-state index >= 15 is 0 Å². The molecule has 552 valence electrons. The summed E-state index contributed by atoms with van der Waals surface area (Å²) in [5.74, 6) is -5.81. The van der Waals surface area contributed by atoms with Crippen LogP contribution in [0, 0.1) is 0 Å². The van der Waals surface area contributed by atoms with Crippen molar-refractivity contribution >= 4 is 134 Å². The van der Waals surface area contributed by atoms with E-state index in [-0.39, 0.29) is 47.3 Å². The van der Waals surface area contributed by atoms with Crippen molar-refractivity contribution in [3.05, 3.63) is 286 Å². The molecule has 8 amide bonds. The van der Waals surface area contributed by atoms with Crippen LogP contribution in [0.5, 0.6) is 0 Å². The third-order valence-electron chi connectivity index (χ3n) is 25.2. The molecule has 8 aromatic heterocycles. The van der Waals surface area contributed by atoms with E-state index in [0.717, 1.165) is 187 Å². The summed E-state index contributed by atoms with van der Waals surface area (Å²) in [5, 5.41) is 18.7.